The molecule has 0 radical (unpaired) electrons. The predicted octanol–water partition coefficient (Wildman–Crippen LogP) is 3.32. The van der Waals surface area contributed by atoms with Crippen LogP contribution in [0.5, 0.6) is 0 Å². The van der Waals surface area contributed by atoms with Crippen LogP contribution in [0, 0.1) is 0 Å². The van der Waals surface area contributed by atoms with Gasteiger partial charge in [0.05, 0.1) is 16.3 Å². The first kappa shape index (κ1) is 23.3. The molecule has 0 bridgehead atoms. The summed E-state index contributed by atoms with van der Waals surface area (Å²) in [5.41, 5.74) is 1.46. The molecule has 1 fully saturated rings. The highest BCUT2D eigenvalue weighted by molar-refractivity contribution is 7.89. The van der Waals surface area contributed by atoms with E-state index in [9.17, 15) is 13.2 Å². The number of carbonyl (C=O) groups excluding carboxylic acids is 1. The van der Waals surface area contributed by atoms with Crippen molar-refractivity contribution in [3.8, 4) is 0 Å². The molecule has 0 unspecified atom stereocenters. The normalized spacial score (nSPS) is 14.7. The van der Waals surface area contributed by atoms with Crippen LogP contribution in [0.25, 0.3) is 0 Å². The molecule has 0 atom stereocenters. The number of aryl methyl sites for hydroxylation is 1. The highest BCUT2D eigenvalue weighted by atomic mass is 32.2. The number of aromatic nitrogens is 2. The van der Waals surface area contributed by atoms with Crippen molar-refractivity contribution in [2.45, 2.75) is 57.4 Å². The Morgan fingerprint density at radius 2 is 1.90 bits per heavy atom. The van der Waals surface area contributed by atoms with E-state index in [2.05, 4.69) is 15.3 Å². The van der Waals surface area contributed by atoms with E-state index in [1.54, 1.807) is 23.0 Å². The number of nitrogens with zero attached hydrogens (tertiary/aromatic N) is 4. The zero-order chi connectivity index (χ0) is 22.3. The number of benzene rings is 1. The highest BCUT2D eigenvalue weighted by Gasteiger charge is 2.24. The lowest BCUT2D eigenvalue weighted by atomic mass is 10.1. The smallest absolute Gasteiger partial charge is 0.243 e. The van der Waals surface area contributed by atoms with Gasteiger partial charge in [-0.2, -0.15) is 9.40 Å². The number of nitrogens with one attached hydrogen (secondary N) is 1. The zero-order valence-electron chi connectivity index (χ0n) is 18.5. The molecule has 2 aromatic rings. The quantitative estimate of drug-likeness (QED) is 0.604. The van der Waals surface area contributed by atoms with E-state index >= 15 is 0 Å². The van der Waals surface area contributed by atoms with Crippen LogP contribution < -0.4 is 10.2 Å². The number of piperidine rings is 1. The first-order valence-corrected chi connectivity index (χ1v) is 12.6. The Morgan fingerprint density at radius 1 is 1.16 bits per heavy atom. The van der Waals surface area contributed by atoms with Crippen molar-refractivity contribution in [1.29, 1.82) is 0 Å². The number of anilines is 2. The lowest BCUT2D eigenvalue weighted by molar-refractivity contribution is -0.116. The maximum atomic E-state index is 13.0. The molecule has 0 aliphatic carbocycles. The van der Waals surface area contributed by atoms with Crippen LogP contribution >= 0.6 is 0 Å². The fourth-order valence-electron chi connectivity index (χ4n) is 3.95. The van der Waals surface area contributed by atoms with E-state index in [-0.39, 0.29) is 10.8 Å². The molecule has 2 heterocycles. The Morgan fingerprint density at radius 3 is 2.55 bits per heavy atom. The van der Waals surface area contributed by atoms with Crippen molar-refractivity contribution in [2.24, 2.45) is 0 Å². The van der Waals surface area contributed by atoms with Crippen molar-refractivity contribution >= 4 is 27.3 Å². The molecule has 0 spiro atoms. The second-order valence-electron chi connectivity index (χ2n) is 7.74. The Labute approximate surface area is 185 Å². The van der Waals surface area contributed by atoms with E-state index in [1.165, 1.54) is 10.7 Å². The fourth-order valence-corrected chi connectivity index (χ4v) is 5.43. The van der Waals surface area contributed by atoms with Crippen LogP contribution in [-0.2, 0) is 21.4 Å². The molecule has 9 heteroatoms. The van der Waals surface area contributed by atoms with Gasteiger partial charge in [0, 0.05) is 51.5 Å². The minimum Gasteiger partial charge on any atom is -0.370 e. The number of hydrogen-bond donors (Lipinski definition) is 1. The Balaban J connectivity index is 1.80. The van der Waals surface area contributed by atoms with Gasteiger partial charge in [-0.05, 0) is 49.9 Å². The van der Waals surface area contributed by atoms with Crippen molar-refractivity contribution in [3.05, 3.63) is 36.7 Å². The van der Waals surface area contributed by atoms with Gasteiger partial charge in [-0.25, -0.2) is 8.42 Å². The highest BCUT2D eigenvalue weighted by Crippen LogP contribution is 2.32. The molecule has 0 saturated carbocycles. The monoisotopic (exact) mass is 447 g/mol. The van der Waals surface area contributed by atoms with E-state index in [0.29, 0.717) is 38.2 Å². The van der Waals surface area contributed by atoms with Gasteiger partial charge >= 0.3 is 0 Å². The lowest BCUT2D eigenvalue weighted by Gasteiger charge is -2.31. The molecule has 170 valence electrons. The fraction of sp³-hybridized carbons (Fsp3) is 0.545. The largest absolute Gasteiger partial charge is 0.370 e. The minimum atomic E-state index is -3.60. The first-order chi connectivity index (χ1) is 15.0. The van der Waals surface area contributed by atoms with Gasteiger partial charge in [0.2, 0.25) is 15.9 Å². The molecule has 31 heavy (non-hydrogen) atoms. The van der Waals surface area contributed by atoms with Crippen LogP contribution in [0.15, 0.2) is 41.6 Å². The second-order valence-corrected chi connectivity index (χ2v) is 9.67. The molecule has 1 aliphatic rings. The summed E-state index contributed by atoms with van der Waals surface area (Å²) in [5.74, 6) is -0.122. The molecular weight excluding hydrogens is 414 g/mol. The summed E-state index contributed by atoms with van der Waals surface area (Å²) >= 11 is 0. The van der Waals surface area contributed by atoms with Gasteiger partial charge in [-0.3, -0.25) is 9.48 Å². The van der Waals surface area contributed by atoms with E-state index in [0.717, 1.165) is 31.6 Å². The molecule has 1 aliphatic heterocycles. The summed E-state index contributed by atoms with van der Waals surface area (Å²) < 4.78 is 29.3. The maximum absolute atomic E-state index is 13.0. The molecule has 1 saturated heterocycles. The first-order valence-electron chi connectivity index (χ1n) is 11.1. The maximum Gasteiger partial charge on any atom is 0.243 e. The summed E-state index contributed by atoms with van der Waals surface area (Å²) in [6, 6.07) is 6.96. The Hall–Kier alpha value is -2.39. The lowest BCUT2D eigenvalue weighted by Crippen LogP contribution is -2.32. The van der Waals surface area contributed by atoms with Crippen LogP contribution in [0.4, 0.5) is 11.4 Å². The number of rotatable bonds is 10. The molecule has 8 nitrogen and oxygen atoms in total. The Bertz CT molecular complexity index is 950. The number of hydrogen-bond acceptors (Lipinski definition) is 5. The van der Waals surface area contributed by atoms with Crippen molar-refractivity contribution in [2.75, 3.05) is 36.4 Å². The second kappa shape index (κ2) is 10.8. The van der Waals surface area contributed by atoms with Gasteiger partial charge < -0.3 is 10.2 Å². The molecule has 1 amide bonds. The van der Waals surface area contributed by atoms with Crippen LogP contribution in [0.3, 0.4) is 0 Å². The van der Waals surface area contributed by atoms with Gasteiger partial charge in [0.25, 0.3) is 0 Å². The van der Waals surface area contributed by atoms with E-state index in [1.807, 2.05) is 32.2 Å². The predicted molar refractivity (Wildman–Crippen MR) is 123 cm³/mol. The SMILES string of the molecule is CCN(CC)S(=O)(=O)c1ccc(N2CCCCC2)c(NC(=O)CCCn2cccn2)c1. The topological polar surface area (TPSA) is 87.5 Å². The van der Waals surface area contributed by atoms with Crippen LogP contribution in [0.1, 0.15) is 46.0 Å². The zero-order valence-corrected chi connectivity index (χ0v) is 19.3. The summed E-state index contributed by atoms with van der Waals surface area (Å²) in [6.07, 6.45) is 7.96. The van der Waals surface area contributed by atoms with Gasteiger partial charge in [0.1, 0.15) is 0 Å². The standard InChI is InChI=1S/C22H33N5O3S/c1-3-27(4-2)31(29,30)19-11-12-21(25-14-6-5-7-15-25)20(18-19)24-22(28)10-8-16-26-17-9-13-23-26/h9,11-13,17-18H,3-8,10,14-16H2,1-2H3,(H,24,28). The van der Waals surface area contributed by atoms with Gasteiger partial charge in [-0.15, -0.1) is 0 Å². The molecule has 1 N–H and O–H groups in total. The van der Waals surface area contributed by atoms with Crippen molar-refractivity contribution in [3.63, 3.8) is 0 Å². The van der Waals surface area contributed by atoms with Crippen LogP contribution in [0.2, 0.25) is 0 Å². The summed E-state index contributed by atoms with van der Waals surface area (Å²) in [7, 11) is -3.60. The Kier molecular flexibility index (Phi) is 8.09. The van der Waals surface area contributed by atoms with Gasteiger partial charge in [-0.1, -0.05) is 13.8 Å². The number of amides is 1. The molecule has 1 aromatic carbocycles. The van der Waals surface area contributed by atoms with E-state index < -0.39 is 10.0 Å². The average Bonchev–Trinajstić information content (AvgIpc) is 3.28. The van der Waals surface area contributed by atoms with E-state index in [4.69, 9.17) is 0 Å². The van der Waals surface area contributed by atoms with Crippen molar-refractivity contribution < 1.29 is 13.2 Å². The molecule has 1 aromatic heterocycles. The minimum absolute atomic E-state index is 0.122. The third kappa shape index (κ3) is 5.86. The molecule has 3 rings (SSSR count). The summed E-state index contributed by atoms with van der Waals surface area (Å²) in [4.78, 5) is 15.1. The van der Waals surface area contributed by atoms with Crippen molar-refractivity contribution in [1.82, 2.24) is 14.1 Å². The number of carbonyl (C=O) groups is 1. The third-order valence-electron chi connectivity index (χ3n) is 5.63. The molecular formula is C22H33N5O3S. The van der Waals surface area contributed by atoms with Crippen LogP contribution in [-0.4, -0.2) is 54.6 Å². The third-order valence-corrected chi connectivity index (χ3v) is 7.68. The van der Waals surface area contributed by atoms with Gasteiger partial charge in [0.15, 0.2) is 0 Å². The summed E-state index contributed by atoms with van der Waals surface area (Å²) in [6.45, 7) is 6.94. The summed E-state index contributed by atoms with van der Waals surface area (Å²) in [5, 5.41) is 7.13. The average molecular weight is 448 g/mol. The number of sulfonamides is 1.